The van der Waals surface area contributed by atoms with Crippen molar-refractivity contribution in [3.05, 3.63) is 136 Å². The van der Waals surface area contributed by atoms with Crippen molar-refractivity contribution in [3.8, 4) is 11.5 Å². The molecule has 3 saturated heterocycles. The third kappa shape index (κ3) is 5.53. The molecule has 9 rings (SSSR count). The largest absolute Gasteiger partial charge is 0.504 e. The average molecular weight is 756 g/mol. The Bertz CT molecular complexity index is 2220. The van der Waals surface area contributed by atoms with E-state index in [0.717, 1.165) is 25.2 Å². The van der Waals surface area contributed by atoms with Crippen LogP contribution in [0.5, 0.6) is 11.5 Å². The first-order chi connectivity index (χ1) is 26.7. The Morgan fingerprint density at radius 1 is 0.818 bits per heavy atom. The molecular weight excluding hydrogens is 714 g/mol. The fourth-order valence-corrected chi connectivity index (χ4v) is 10.7. The zero-order valence-corrected chi connectivity index (χ0v) is 31.3. The van der Waals surface area contributed by atoms with Crippen molar-refractivity contribution in [3.63, 3.8) is 0 Å². The van der Waals surface area contributed by atoms with E-state index in [1.165, 1.54) is 17.6 Å². The lowest BCUT2D eigenvalue weighted by molar-refractivity contribution is -0.144. The van der Waals surface area contributed by atoms with E-state index in [1.807, 2.05) is 48.5 Å². The highest BCUT2D eigenvalue weighted by Gasteiger charge is 2.70. The summed E-state index contributed by atoms with van der Waals surface area (Å²) in [6.45, 7) is 2.38. The topological polar surface area (TPSA) is 107 Å². The van der Waals surface area contributed by atoms with Crippen molar-refractivity contribution >= 4 is 40.9 Å². The van der Waals surface area contributed by atoms with Crippen molar-refractivity contribution in [1.82, 2.24) is 9.80 Å². The molecule has 6 unspecified atom stereocenters. The lowest BCUT2D eigenvalue weighted by atomic mass is 9.49. The second-order valence-corrected chi connectivity index (χ2v) is 16.0. The molecule has 0 bridgehead atoms. The SMILES string of the molecule is COc1cc(C2C3=CCC4C(=O)N(C5CCN(Cc6ccccc6)CC5)C(=O)C4C3CC3C(=O)N(c4cccc(Cl)c4)C(=O)C32c2ccccc2)ccc1O. The highest BCUT2D eigenvalue weighted by molar-refractivity contribution is 6.32. The number of hydrogen-bond acceptors (Lipinski definition) is 7. The van der Waals surface area contributed by atoms with Crippen LogP contribution in [0.4, 0.5) is 5.69 Å². The molecule has 0 radical (unpaired) electrons. The van der Waals surface area contributed by atoms with Gasteiger partial charge in [0.05, 0.1) is 36.0 Å². The van der Waals surface area contributed by atoms with E-state index in [2.05, 4.69) is 23.1 Å². The van der Waals surface area contributed by atoms with Crippen LogP contribution in [-0.2, 0) is 31.1 Å². The maximum Gasteiger partial charge on any atom is 0.246 e. The van der Waals surface area contributed by atoms with Crippen LogP contribution in [0.2, 0.25) is 5.02 Å². The molecule has 6 atom stereocenters. The number of rotatable bonds is 7. The van der Waals surface area contributed by atoms with E-state index in [0.29, 0.717) is 41.1 Å². The number of imide groups is 2. The number of phenolic OH excluding ortho intramolecular Hbond substituents is 1. The molecule has 4 aromatic carbocycles. The van der Waals surface area contributed by atoms with Gasteiger partial charge in [0, 0.05) is 36.6 Å². The fourth-order valence-electron chi connectivity index (χ4n) is 10.6. The van der Waals surface area contributed by atoms with Crippen molar-refractivity contribution in [2.75, 3.05) is 25.1 Å². The predicted octanol–water partition coefficient (Wildman–Crippen LogP) is 6.88. The van der Waals surface area contributed by atoms with Gasteiger partial charge in [-0.15, -0.1) is 0 Å². The molecule has 10 heteroatoms. The van der Waals surface area contributed by atoms with Gasteiger partial charge < -0.3 is 9.84 Å². The number of aromatic hydroxyl groups is 1. The lowest BCUT2D eigenvalue weighted by Gasteiger charge is -2.50. The molecule has 0 spiro atoms. The number of phenols is 1. The van der Waals surface area contributed by atoms with E-state index in [4.69, 9.17) is 16.3 Å². The minimum Gasteiger partial charge on any atom is -0.504 e. The summed E-state index contributed by atoms with van der Waals surface area (Å²) >= 11 is 6.44. The molecule has 2 aliphatic carbocycles. The summed E-state index contributed by atoms with van der Waals surface area (Å²) in [7, 11) is 1.47. The molecule has 280 valence electrons. The average Bonchev–Trinajstić information content (AvgIpc) is 3.60. The minimum atomic E-state index is -1.41. The molecular formula is C45H42ClN3O6. The van der Waals surface area contributed by atoms with E-state index in [-0.39, 0.29) is 47.6 Å². The first kappa shape index (κ1) is 35.5. The molecule has 4 fully saturated rings. The first-order valence-electron chi connectivity index (χ1n) is 19.1. The first-order valence-corrected chi connectivity index (χ1v) is 19.5. The van der Waals surface area contributed by atoms with Crippen molar-refractivity contribution in [2.45, 2.75) is 49.6 Å². The number of halogens is 1. The van der Waals surface area contributed by atoms with Gasteiger partial charge >= 0.3 is 0 Å². The monoisotopic (exact) mass is 755 g/mol. The molecule has 3 aliphatic heterocycles. The molecule has 1 saturated carbocycles. The summed E-state index contributed by atoms with van der Waals surface area (Å²) in [6.07, 6.45) is 4.04. The summed E-state index contributed by atoms with van der Waals surface area (Å²) in [5, 5.41) is 11.1. The van der Waals surface area contributed by atoms with Gasteiger partial charge in [-0.3, -0.25) is 29.0 Å². The number of nitrogens with zero attached hydrogens (tertiary/aromatic N) is 3. The number of anilines is 1. The van der Waals surface area contributed by atoms with Crippen molar-refractivity contribution in [2.24, 2.45) is 23.7 Å². The molecule has 55 heavy (non-hydrogen) atoms. The van der Waals surface area contributed by atoms with Crippen molar-refractivity contribution in [1.29, 1.82) is 0 Å². The maximum absolute atomic E-state index is 15.4. The zero-order valence-electron chi connectivity index (χ0n) is 30.5. The molecule has 5 aliphatic rings. The molecule has 4 amide bonds. The Morgan fingerprint density at radius 3 is 2.25 bits per heavy atom. The summed E-state index contributed by atoms with van der Waals surface area (Å²) in [6, 6.07) is 31.3. The highest BCUT2D eigenvalue weighted by Crippen LogP contribution is 2.65. The van der Waals surface area contributed by atoms with Crippen LogP contribution >= 0.6 is 11.6 Å². The van der Waals surface area contributed by atoms with Crippen LogP contribution in [0.15, 0.2) is 115 Å². The minimum absolute atomic E-state index is 0.0574. The number of fused-ring (bicyclic) bond motifs is 4. The van der Waals surface area contributed by atoms with Gasteiger partial charge in [-0.2, -0.15) is 0 Å². The van der Waals surface area contributed by atoms with Gasteiger partial charge in [0.1, 0.15) is 0 Å². The number of carbonyl (C=O) groups is 4. The molecule has 9 nitrogen and oxygen atoms in total. The number of hydrogen-bond donors (Lipinski definition) is 1. The number of methoxy groups -OCH3 is 1. The van der Waals surface area contributed by atoms with Crippen LogP contribution in [-0.4, -0.2) is 64.8 Å². The zero-order chi connectivity index (χ0) is 38.0. The van der Waals surface area contributed by atoms with E-state index >= 15 is 4.79 Å². The molecule has 3 heterocycles. The van der Waals surface area contributed by atoms with Gasteiger partial charge in [-0.25, -0.2) is 4.90 Å². The molecule has 0 aromatic heterocycles. The normalized spacial score (nSPS) is 28.2. The third-order valence-corrected chi connectivity index (χ3v) is 13.1. The van der Waals surface area contributed by atoms with Crippen LogP contribution in [0.3, 0.4) is 0 Å². The highest BCUT2D eigenvalue weighted by atomic mass is 35.5. The number of carbonyl (C=O) groups excluding carboxylic acids is 4. The number of piperidine rings is 1. The summed E-state index contributed by atoms with van der Waals surface area (Å²) in [5.74, 6) is -4.15. The van der Waals surface area contributed by atoms with E-state index in [1.54, 1.807) is 47.4 Å². The summed E-state index contributed by atoms with van der Waals surface area (Å²) in [4.78, 5) is 64.8. The Morgan fingerprint density at radius 2 is 1.55 bits per heavy atom. The molecule has 4 aromatic rings. The van der Waals surface area contributed by atoms with Gasteiger partial charge in [-0.1, -0.05) is 96.0 Å². The Labute approximate surface area is 325 Å². The van der Waals surface area contributed by atoms with Gasteiger partial charge in [0.2, 0.25) is 23.6 Å². The second kappa shape index (κ2) is 13.8. The summed E-state index contributed by atoms with van der Waals surface area (Å²) in [5.41, 5.74) is 2.42. The fraction of sp³-hybridized carbons (Fsp3) is 0.333. The van der Waals surface area contributed by atoms with E-state index in [9.17, 15) is 19.5 Å². The van der Waals surface area contributed by atoms with Crippen LogP contribution < -0.4 is 9.64 Å². The maximum atomic E-state index is 15.4. The van der Waals surface area contributed by atoms with Crippen molar-refractivity contribution < 1.29 is 29.0 Å². The second-order valence-electron chi connectivity index (χ2n) is 15.6. The number of amides is 4. The van der Waals surface area contributed by atoms with Crippen LogP contribution in [0.25, 0.3) is 0 Å². The smallest absolute Gasteiger partial charge is 0.246 e. The Kier molecular flexibility index (Phi) is 8.89. The quantitative estimate of drug-likeness (QED) is 0.162. The number of allylic oxidation sites excluding steroid dienone is 2. The lowest BCUT2D eigenvalue weighted by Crippen LogP contribution is -2.53. The Hall–Kier alpha value is -5.25. The molecule has 1 N–H and O–H groups in total. The number of benzene rings is 4. The Balaban J connectivity index is 1.13. The number of ether oxygens (including phenoxy) is 1. The van der Waals surface area contributed by atoms with Gasteiger partial charge in [0.25, 0.3) is 0 Å². The third-order valence-electron chi connectivity index (χ3n) is 12.9. The van der Waals surface area contributed by atoms with E-state index < -0.39 is 35.0 Å². The predicted molar refractivity (Wildman–Crippen MR) is 207 cm³/mol. The van der Waals surface area contributed by atoms with Crippen LogP contribution in [0, 0.1) is 23.7 Å². The van der Waals surface area contributed by atoms with Crippen LogP contribution in [0.1, 0.15) is 48.3 Å². The number of likely N-dealkylation sites (tertiary alicyclic amines) is 2. The standard InChI is InChI=1S/C45H42ClN3O6/c1-55-38-23-28(15-18-37(38)50)40-33-16-17-34-39(43(53)48(41(34)51)31-19-21-47(22-20-31)26-27-9-4-2-5-10-27)35(33)25-36-42(52)49(32-14-8-13-30(46)24-32)44(54)45(36,40)29-11-6-3-7-12-29/h2-16,18,23-24,31,34-36,39-40,50H,17,19-22,25-26H2,1H3. The van der Waals surface area contributed by atoms with Gasteiger partial charge in [-0.05, 0) is 78.6 Å². The summed E-state index contributed by atoms with van der Waals surface area (Å²) < 4.78 is 5.58. The van der Waals surface area contributed by atoms with Gasteiger partial charge in [0.15, 0.2) is 11.5 Å².